The highest BCUT2D eigenvalue weighted by Gasteiger charge is 2.13. The predicted octanol–water partition coefficient (Wildman–Crippen LogP) is 3.35. The average molecular weight is 387 g/mol. The van der Waals surface area contributed by atoms with E-state index in [9.17, 15) is 0 Å². The summed E-state index contributed by atoms with van der Waals surface area (Å²) >= 11 is 0. The molecule has 0 fully saturated rings. The van der Waals surface area contributed by atoms with Crippen LogP contribution in [0.2, 0.25) is 0 Å². The van der Waals surface area contributed by atoms with Crippen LogP contribution in [-0.2, 0) is 0 Å². The first-order valence-electron chi connectivity index (χ1n) is 9.92. The summed E-state index contributed by atoms with van der Waals surface area (Å²) in [5, 5.41) is 0. The topological polar surface area (TPSA) is 19.7 Å². The SMILES string of the molecule is CCCCCCCCCCCCCC(CCC)[n+]1cc[nH]c1.[Br-]. The van der Waals surface area contributed by atoms with Gasteiger partial charge in [0.05, 0.1) is 0 Å². The normalized spacial score (nSPS) is 12.1. The third-order valence-electron chi connectivity index (χ3n) is 4.75. The number of halogens is 1. The minimum absolute atomic E-state index is 0. The van der Waals surface area contributed by atoms with Gasteiger partial charge in [-0.25, -0.2) is 4.57 Å². The van der Waals surface area contributed by atoms with Crippen molar-refractivity contribution < 1.29 is 21.5 Å². The van der Waals surface area contributed by atoms with Crippen LogP contribution in [0.4, 0.5) is 0 Å². The number of aromatic amines is 1. The van der Waals surface area contributed by atoms with Gasteiger partial charge in [0.2, 0.25) is 6.33 Å². The van der Waals surface area contributed by atoms with Gasteiger partial charge < -0.3 is 17.0 Å². The average Bonchev–Trinajstić information content (AvgIpc) is 3.06. The standard InChI is InChI=1S/C20H38N2.BrH/c1-3-5-6-7-8-9-10-11-12-13-14-16-20(15-4-2)22-18-17-21-19-22;/h17-20H,3-16H2,1-2H3;1H. The number of unbranched alkanes of at least 4 members (excludes halogenated alkanes) is 10. The quantitative estimate of drug-likeness (QED) is 0.352. The molecule has 0 aliphatic heterocycles. The molecule has 0 aliphatic carbocycles. The molecule has 3 heteroatoms. The molecule has 1 heterocycles. The van der Waals surface area contributed by atoms with Crippen LogP contribution in [0.15, 0.2) is 18.7 Å². The summed E-state index contributed by atoms with van der Waals surface area (Å²) in [6.45, 7) is 4.58. The lowest BCUT2D eigenvalue weighted by Gasteiger charge is -2.12. The summed E-state index contributed by atoms with van der Waals surface area (Å²) in [6.07, 6.45) is 26.0. The van der Waals surface area contributed by atoms with Gasteiger partial charge in [0.1, 0.15) is 18.4 Å². The molecule has 0 bridgehead atoms. The molecule has 136 valence electrons. The van der Waals surface area contributed by atoms with Crippen molar-refractivity contribution >= 4 is 0 Å². The molecule has 0 spiro atoms. The second-order valence-corrected chi connectivity index (χ2v) is 6.83. The Morgan fingerprint density at radius 1 is 0.739 bits per heavy atom. The molecule has 1 aromatic rings. The summed E-state index contributed by atoms with van der Waals surface area (Å²) in [7, 11) is 0. The van der Waals surface area contributed by atoms with Crippen molar-refractivity contribution in [3.8, 4) is 0 Å². The minimum Gasteiger partial charge on any atom is -1.00 e. The fraction of sp³-hybridized carbons (Fsp3) is 0.850. The van der Waals surface area contributed by atoms with Gasteiger partial charge in [-0.1, -0.05) is 84.5 Å². The van der Waals surface area contributed by atoms with E-state index in [1.807, 2.05) is 6.20 Å². The zero-order valence-corrected chi connectivity index (χ0v) is 17.1. The van der Waals surface area contributed by atoms with Crippen molar-refractivity contribution in [2.24, 2.45) is 0 Å². The third kappa shape index (κ3) is 11.8. The second-order valence-electron chi connectivity index (χ2n) is 6.83. The van der Waals surface area contributed by atoms with Crippen LogP contribution in [0.3, 0.4) is 0 Å². The number of nitrogens with zero attached hydrogens (tertiary/aromatic N) is 1. The van der Waals surface area contributed by atoms with Gasteiger partial charge >= 0.3 is 0 Å². The lowest BCUT2D eigenvalue weighted by Crippen LogP contribution is -3.00. The molecule has 0 saturated heterocycles. The third-order valence-corrected chi connectivity index (χ3v) is 4.75. The number of hydrogen-bond donors (Lipinski definition) is 1. The van der Waals surface area contributed by atoms with E-state index >= 15 is 0 Å². The van der Waals surface area contributed by atoms with E-state index in [1.165, 1.54) is 89.9 Å². The van der Waals surface area contributed by atoms with E-state index in [-0.39, 0.29) is 17.0 Å². The Kier molecular flexibility index (Phi) is 16.3. The molecule has 0 aliphatic rings. The molecule has 0 radical (unpaired) electrons. The Morgan fingerprint density at radius 3 is 1.78 bits per heavy atom. The Labute approximate surface area is 155 Å². The maximum atomic E-state index is 3.17. The first-order valence-corrected chi connectivity index (χ1v) is 9.92. The van der Waals surface area contributed by atoms with Crippen molar-refractivity contribution in [1.82, 2.24) is 4.98 Å². The van der Waals surface area contributed by atoms with Crippen molar-refractivity contribution in [2.45, 2.75) is 110 Å². The lowest BCUT2D eigenvalue weighted by molar-refractivity contribution is -0.723. The Bertz CT molecular complexity index is 324. The van der Waals surface area contributed by atoms with E-state index in [0.29, 0.717) is 6.04 Å². The van der Waals surface area contributed by atoms with Crippen LogP contribution in [0.25, 0.3) is 0 Å². The molecule has 23 heavy (non-hydrogen) atoms. The van der Waals surface area contributed by atoms with Crippen molar-refractivity contribution in [2.75, 3.05) is 0 Å². The van der Waals surface area contributed by atoms with Gasteiger partial charge in [-0.2, -0.15) is 0 Å². The predicted molar refractivity (Wildman–Crippen MR) is 96.0 cm³/mol. The highest BCUT2D eigenvalue weighted by Crippen LogP contribution is 2.17. The van der Waals surface area contributed by atoms with Crippen LogP contribution in [0, 0.1) is 0 Å². The van der Waals surface area contributed by atoms with Crippen molar-refractivity contribution in [1.29, 1.82) is 0 Å². The van der Waals surface area contributed by atoms with Crippen LogP contribution < -0.4 is 21.5 Å². The molecule has 0 aromatic carbocycles. The van der Waals surface area contributed by atoms with Gasteiger partial charge in [-0.15, -0.1) is 0 Å². The summed E-state index contributed by atoms with van der Waals surface area (Å²) in [5.74, 6) is 0. The van der Waals surface area contributed by atoms with E-state index in [4.69, 9.17) is 0 Å². The maximum absolute atomic E-state index is 3.17. The molecule has 1 rings (SSSR count). The molecule has 0 saturated carbocycles. The Balaban J connectivity index is 0.00000484. The Hall–Kier alpha value is -0.310. The Morgan fingerprint density at radius 2 is 1.30 bits per heavy atom. The fourth-order valence-corrected chi connectivity index (χ4v) is 3.35. The fourth-order valence-electron chi connectivity index (χ4n) is 3.35. The van der Waals surface area contributed by atoms with Crippen LogP contribution in [0.1, 0.15) is 110 Å². The first-order chi connectivity index (χ1) is 10.9. The number of imidazole rings is 1. The number of hydrogen-bond acceptors (Lipinski definition) is 0. The molecule has 1 atom stereocenters. The minimum atomic E-state index is 0. The molecular formula is C20H39BrN2. The molecule has 1 aromatic heterocycles. The number of aromatic nitrogens is 2. The van der Waals surface area contributed by atoms with Crippen LogP contribution in [0.5, 0.6) is 0 Å². The van der Waals surface area contributed by atoms with Gasteiger partial charge in [0, 0.05) is 0 Å². The van der Waals surface area contributed by atoms with Crippen molar-refractivity contribution in [3.63, 3.8) is 0 Å². The highest BCUT2D eigenvalue weighted by atomic mass is 79.9. The van der Waals surface area contributed by atoms with E-state index in [0.717, 1.165) is 0 Å². The smallest absolute Gasteiger partial charge is 0.241 e. The van der Waals surface area contributed by atoms with E-state index in [1.54, 1.807) is 0 Å². The van der Waals surface area contributed by atoms with E-state index < -0.39 is 0 Å². The second kappa shape index (κ2) is 16.5. The van der Waals surface area contributed by atoms with Gasteiger partial charge in [0.15, 0.2) is 0 Å². The summed E-state index contributed by atoms with van der Waals surface area (Å²) in [6, 6.07) is 0.704. The largest absolute Gasteiger partial charge is 1.00 e. The zero-order valence-electron chi connectivity index (χ0n) is 15.5. The molecule has 1 N–H and O–H groups in total. The van der Waals surface area contributed by atoms with Gasteiger partial charge in [0.25, 0.3) is 0 Å². The number of rotatable bonds is 15. The number of nitrogens with one attached hydrogen (secondary N) is 1. The summed E-state index contributed by atoms with van der Waals surface area (Å²) in [5.41, 5.74) is 0. The van der Waals surface area contributed by atoms with Gasteiger partial charge in [-0.3, -0.25) is 4.98 Å². The van der Waals surface area contributed by atoms with Crippen LogP contribution >= 0.6 is 0 Å². The first kappa shape index (κ1) is 22.7. The molecule has 1 unspecified atom stereocenters. The van der Waals surface area contributed by atoms with Crippen molar-refractivity contribution in [3.05, 3.63) is 18.7 Å². The monoisotopic (exact) mass is 386 g/mol. The summed E-state index contributed by atoms with van der Waals surface area (Å²) < 4.78 is 2.36. The highest BCUT2D eigenvalue weighted by molar-refractivity contribution is 4.61. The van der Waals surface area contributed by atoms with Gasteiger partial charge in [-0.05, 0) is 19.3 Å². The maximum Gasteiger partial charge on any atom is 0.241 e. The summed E-state index contributed by atoms with van der Waals surface area (Å²) in [4.78, 5) is 3.17. The van der Waals surface area contributed by atoms with E-state index in [2.05, 4.69) is 35.9 Å². The van der Waals surface area contributed by atoms with Crippen LogP contribution in [-0.4, -0.2) is 4.98 Å². The zero-order chi connectivity index (χ0) is 15.9. The molecular weight excluding hydrogens is 348 g/mol. The lowest BCUT2D eigenvalue weighted by atomic mass is 10.0. The molecule has 2 nitrogen and oxygen atoms in total. The molecule has 0 amide bonds. The number of H-pyrrole nitrogens is 1.